The van der Waals surface area contributed by atoms with Crippen LogP contribution in [0.3, 0.4) is 0 Å². The predicted molar refractivity (Wildman–Crippen MR) is 86.9 cm³/mol. The van der Waals surface area contributed by atoms with Gasteiger partial charge in [-0.05, 0) is 24.1 Å². The molecule has 3 nitrogen and oxygen atoms in total. The lowest BCUT2D eigenvalue weighted by Gasteiger charge is -2.09. The van der Waals surface area contributed by atoms with Crippen LogP contribution in [0, 0.1) is 0 Å². The van der Waals surface area contributed by atoms with Crippen LogP contribution < -0.4 is 5.32 Å². The number of fused-ring (bicyclic) bond motifs is 1. The molecule has 1 heterocycles. The zero-order chi connectivity index (χ0) is 14.2. The molecule has 0 spiro atoms. The third-order valence-corrected chi connectivity index (χ3v) is 3.87. The summed E-state index contributed by atoms with van der Waals surface area (Å²) in [5.41, 5.74) is 2.28. The third kappa shape index (κ3) is 4.27. The summed E-state index contributed by atoms with van der Waals surface area (Å²) in [5.74, 6) is 0. The number of hydrogen-bond acceptors (Lipinski definition) is 3. The average molecular weight is 337 g/mol. The van der Waals surface area contributed by atoms with E-state index >= 15 is 0 Å². The van der Waals surface area contributed by atoms with Gasteiger partial charge in [0.2, 0.25) is 0 Å². The van der Waals surface area contributed by atoms with E-state index in [1.807, 2.05) is 12.3 Å². The molecule has 0 saturated heterocycles. The van der Waals surface area contributed by atoms with Crippen molar-refractivity contribution in [2.45, 2.75) is 26.3 Å². The van der Waals surface area contributed by atoms with Gasteiger partial charge in [0, 0.05) is 35.8 Å². The Bertz CT molecular complexity index is 545. The van der Waals surface area contributed by atoms with E-state index in [9.17, 15) is 0 Å². The number of halogens is 1. The van der Waals surface area contributed by atoms with Gasteiger partial charge in [-0.15, -0.1) is 0 Å². The number of benzene rings is 1. The SMILES string of the molecule is CCCCOCCNCc1ccc(Br)c2cccnc12. The molecule has 0 aliphatic rings. The molecule has 1 aromatic heterocycles. The first-order chi connectivity index (χ1) is 9.83. The van der Waals surface area contributed by atoms with E-state index in [-0.39, 0.29) is 0 Å². The quantitative estimate of drug-likeness (QED) is 0.742. The molecule has 0 radical (unpaired) electrons. The minimum absolute atomic E-state index is 0.766. The molecule has 0 atom stereocenters. The fourth-order valence-electron chi connectivity index (χ4n) is 2.05. The van der Waals surface area contributed by atoms with Crippen LogP contribution in [-0.2, 0) is 11.3 Å². The van der Waals surface area contributed by atoms with Crippen molar-refractivity contribution >= 4 is 26.8 Å². The van der Waals surface area contributed by atoms with Crippen molar-refractivity contribution in [1.82, 2.24) is 10.3 Å². The number of unbranched alkanes of at least 4 members (excludes halogenated alkanes) is 1. The molecule has 2 rings (SSSR count). The summed E-state index contributed by atoms with van der Waals surface area (Å²) in [5, 5.41) is 4.57. The Morgan fingerprint density at radius 1 is 1.25 bits per heavy atom. The molecule has 0 amide bonds. The van der Waals surface area contributed by atoms with Crippen LogP contribution in [-0.4, -0.2) is 24.7 Å². The minimum Gasteiger partial charge on any atom is -0.380 e. The van der Waals surface area contributed by atoms with Gasteiger partial charge in [-0.1, -0.05) is 41.4 Å². The number of hydrogen-bond donors (Lipinski definition) is 1. The maximum absolute atomic E-state index is 5.53. The fourth-order valence-corrected chi connectivity index (χ4v) is 2.51. The molecule has 4 heteroatoms. The van der Waals surface area contributed by atoms with Crippen molar-refractivity contribution in [3.05, 3.63) is 40.5 Å². The number of nitrogens with one attached hydrogen (secondary N) is 1. The molecular weight excluding hydrogens is 316 g/mol. The largest absolute Gasteiger partial charge is 0.380 e. The van der Waals surface area contributed by atoms with Crippen molar-refractivity contribution in [2.24, 2.45) is 0 Å². The molecule has 20 heavy (non-hydrogen) atoms. The van der Waals surface area contributed by atoms with Crippen LogP contribution in [0.2, 0.25) is 0 Å². The number of ether oxygens (including phenoxy) is 1. The fraction of sp³-hybridized carbons (Fsp3) is 0.438. The van der Waals surface area contributed by atoms with Crippen molar-refractivity contribution in [3.8, 4) is 0 Å². The van der Waals surface area contributed by atoms with Crippen LogP contribution in [0.4, 0.5) is 0 Å². The lowest BCUT2D eigenvalue weighted by molar-refractivity contribution is 0.133. The monoisotopic (exact) mass is 336 g/mol. The van der Waals surface area contributed by atoms with E-state index in [2.05, 4.69) is 51.4 Å². The summed E-state index contributed by atoms with van der Waals surface area (Å²) in [6.45, 7) is 5.49. The number of nitrogens with zero attached hydrogens (tertiary/aromatic N) is 1. The molecule has 0 aliphatic carbocycles. The maximum atomic E-state index is 5.53. The zero-order valence-corrected chi connectivity index (χ0v) is 13.4. The summed E-state index contributed by atoms with van der Waals surface area (Å²) in [7, 11) is 0. The Balaban J connectivity index is 1.86. The lowest BCUT2D eigenvalue weighted by Crippen LogP contribution is -2.19. The van der Waals surface area contributed by atoms with Gasteiger partial charge in [-0.3, -0.25) is 4.98 Å². The van der Waals surface area contributed by atoms with Gasteiger partial charge in [-0.25, -0.2) is 0 Å². The van der Waals surface area contributed by atoms with Crippen molar-refractivity contribution in [3.63, 3.8) is 0 Å². The van der Waals surface area contributed by atoms with Crippen LogP contribution in [0.5, 0.6) is 0 Å². The highest BCUT2D eigenvalue weighted by Gasteiger charge is 2.04. The van der Waals surface area contributed by atoms with Gasteiger partial charge in [-0.2, -0.15) is 0 Å². The van der Waals surface area contributed by atoms with E-state index < -0.39 is 0 Å². The minimum atomic E-state index is 0.766. The normalized spacial score (nSPS) is 11.1. The molecule has 0 bridgehead atoms. The number of rotatable bonds is 8. The van der Waals surface area contributed by atoms with E-state index in [1.165, 1.54) is 12.0 Å². The topological polar surface area (TPSA) is 34.1 Å². The molecular formula is C16H21BrN2O. The summed E-state index contributed by atoms with van der Waals surface area (Å²) in [4.78, 5) is 4.48. The maximum Gasteiger partial charge on any atom is 0.0758 e. The summed E-state index contributed by atoms with van der Waals surface area (Å²) < 4.78 is 6.62. The Labute approximate surface area is 128 Å². The molecule has 0 unspecified atom stereocenters. The Kier molecular flexibility index (Phi) is 6.43. The van der Waals surface area contributed by atoms with E-state index in [4.69, 9.17) is 4.74 Å². The Morgan fingerprint density at radius 2 is 2.15 bits per heavy atom. The zero-order valence-electron chi connectivity index (χ0n) is 11.9. The van der Waals surface area contributed by atoms with Crippen molar-refractivity contribution in [2.75, 3.05) is 19.8 Å². The molecule has 108 valence electrons. The van der Waals surface area contributed by atoms with E-state index in [1.54, 1.807) is 0 Å². The van der Waals surface area contributed by atoms with Gasteiger partial charge >= 0.3 is 0 Å². The first kappa shape index (κ1) is 15.4. The molecule has 0 fully saturated rings. The average Bonchev–Trinajstić information content (AvgIpc) is 2.49. The molecule has 1 aromatic carbocycles. The first-order valence-electron chi connectivity index (χ1n) is 7.13. The Morgan fingerprint density at radius 3 is 3.00 bits per heavy atom. The first-order valence-corrected chi connectivity index (χ1v) is 7.92. The van der Waals surface area contributed by atoms with Gasteiger partial charge in [0.05, 0.1) is 12.1 Å². The standard InChI is InChI=1S/C16H21BrN2O/c1-2-3-10-20-11-9-18-12-13-6-7-15(17)14-5-4-8-19-16(13)14/h4-8,18H,2-3,9-12H2,1H3. The second-order valence-electron chi connectivity index (χ2n) is 4.75. The molecule has 0 aliphatic heterocycles. The smallest absolute Gasteiger partial charge is 0.0758 e. The highest BCUT2D eigenvalue weighted by molar-refractivity contribution is 9.10. The second-order valence-corrected chi connectivity index (χ2v) is 5.60. The molecule has 0 saturated carbocycles. The lowest BCUT2D eigenvalue weighted by atomic mass is 10.1. The van der Waals surface area contributed by atoms with Crippen molar-refractivity contribution in [1.29, 1.82) is 0 Å². The van der Waals surface area contributed by atoms with Crippen LogP contribution in [0.25, 0.3) is 10.9 Å². The van der Waals surface area contributed by atoms with Crippen LogP contribution in [0.1, 0.15) is 25.3 Å². The van der Waals surface area contributed by atoms with Crippen LogP contribution >= 0.6 is 15.9 Å². The van der Waals surface area contributed by atoms with Gasteiger partial charge in [0.1, 0.15) is 0 Å². The Hall–Kier alpha value is -0.970. The predicted octanol–water partition coefficient (Wildman–Crippen LogP) is 3.90. The van der Waals surface area contributed by atoms with E-state index in [0.29, 0.717) is 0 Å². The van der Waals surface area contributed by atoms with Crippen LogP contribution in [0.15, 0.2) is 34.9 Å². The van der Waals surface area contributed by atoms with E-state index in [0.717, 1.165) is 48.1 Å². The second kappa shape index (κ2) is 8.35. The van der Waals surface area contributed by atoms with Gasteiger partial charge in [0.25, 0.3) is 0 Å². The van der Waals surface area contributed by atoms with Gasteiger partial charge in [0.15, 0.2) is 0 Å². The summed E-state index contributed by atoms with van der Waals surface area (Å²) in [6.07, 6.45) is 4.16. The third-order valence-electron chi connectivity index (χ3n) is 3.18. The molecule has 2 aromatic rings. The highest BCUT2D eigenvalue weighted by Crippen LogP contribution is 2.24. The van der Waals surface area contributed by atoms with Crippen molar-refractivity contribution < 1.29 is 4.74 Å². The summed E-state index contributed by atoms with van der Waals surface area (Å²) in [6, 6.07) is 8.25. The highest BCUT2D eigenvalue weighted by atomic mass is 79.9. The van der Waals surface area contributed by atoms with Gasteiger partial charge < -0.3 is 10.1 Å². The number of aromatic nitrogens is 1. The molecule has 1 N–H and O–H groups in total. The summed E-state index contributed by atoms with van der Waals surface area (Å²) >= 11 is 3.57. The number of pyridine rings is 1.